The number of para-hydroxylation sites is 1. The lowest BCUT2D eigenvalue weighted by Gasteiger charge is -2.11. The Labute approximate surface area is 147 Å². The van der Waals surface area contributed by atoms with Gasteiger partial charge in [0.1, 0.15) is 0 Å². The van der Waals surface area contributed by atoms with Crippen molar-refractivity contribution in [2.24, 2.45) is 0 Å². The van der Waals surface area contributed by atoms with Crippen LogP contribution < -0.4 is 10.6 Å². The highest BCUT2D eigenvalue weighted by atomic mass is 79.9. The fourth-order valence-corrected chi connectivity index (χ4v) is 3.74. The maximum atomic E-state index is 12.2. The number of halogens is 1. The molecule has 0 saturated carbocycles. The first kappa shape index (κ1) is 16.0. The van der Waals surface area contributed by atoms with Gasteiger partial charge in [-0.25, -0.2) is 4.98 Å². The lowest BCUT2D eigenvalue weighted by Crippen LogP contribution is -2.22. The first-order chi connectivity index (χ1) is 11.0. The number of carbonyl (C=O) groups excluding carboxylic acids is 1. The molecule has 0 atom stereocenters. The van der Waals surface area contributed by atoms with Crippen molar-refractivity contribution in [1.82, 2.24) is 4.98 Å². The van der Waals surface area contributed by atoms with E-state index in [1.165, 1.54) is 11.3 Å². The van der Waals surface area contributed by atoms with Crippen LogP contribution in [0.2, 0.25) is 0 Å². The van der Waals surface area contributed by atoms with Crippen LogP contribution in [0.5, 0.6) is 0 Å². The quantitative estimate of drug-likeness (QED) is 0.678. The average molecular weight is 390 g/mol. The number of nitrogens with zero attached hydrogens (tertiary/aromatic N) is 1. The van der Waals surface area contributed by atoms with Gasteiger partial charge in [-0.3, -0.25) is 4.79 Å². The highest BCUT2D eigenvalue weighted by molar-refractivity contribution is 9.10. The number of anilines is 2. The first-order valence-electron chi connectivity index (χ1n) is 7.19. The molecule has 0 saturated heterocycles. The van der Waals surface area contributed by atoms with E-state index >= 15 is 0 Å². The number of aryl methyl sites for hydroxylation is 2. The van der Waals surface area contributed by atoms with Crippen molar-refractivity contribution in [3.8, 4) is 0 Å². The van der Waals surface area contributed by atoms with Gasteiger partial charge in [-0.05, 0) is 43.2 Å². The summed E-state index contributed by atoms with van der Waals surface area (Å²) in [5.74, 6) is -0.0807. The predicted molar refractivity (Wildman–Crippen MR) is 100 cm³/mol. The van der Waals surface area contributed by atoms with Crippen LogP contribution in [-0.2, 0) is 4.79 Å². The molecule has 1 heterocycles. The Morgan fingerprint density at radius 2 is 1.96 bits per heavy atom. The van der Waals surface area contributed by atoms with Crippen molar-refractivity contribution in [2.45, 2.75) is 13.8 Å². The molecule has 1 aromatic heterocycles. The van der Waals surface area contributed by atoms with Gasteiger partial charge in [0.2, 0.25) is 5.91 Å². The summed E-state index contributed by atoms with van der Waals surface area (Å²) in [5.41, 5.74) is 3.93. The van der Waals surface area contributed by atoms with Crippen LogP contribution >= 0.6 is 27.3 Å². The van der Waals surface area contributed by atoms with Crippen LogP contribution in [0.15, 0.2) is 40.9 Å². The normalized spacial score (nSPS) is 10.7. The smallest absolute Gasteiger partial charge is 0.243 e. The Bertz CT molecular complexity index is 855. The van der Waals surface area contributed by atoms with Gasteiger partial charge in [-0.1, -0.05) is 45.5 Å². The highest BCUT2D eigenvalue weighted by Crippen LogP contribution is 2.28. The van der Waals surface area contributed by atoms with Gasteiger partial charge in [-0.15, -0.1) is 0 Å². The Balaban J connectivity index is 1.66. The third kappa shape index (κ3) is 3.71. The number of benzene rings is 2. The zero-order valence-corrected chi connectivity index (χ0v) is 15.2. The zero-order valence-electron chi connectivity index (χ0n) is 12.8. The number of amides is 1. The molecule has 3 rings (SSSR count). The van der Waals surface area contributed by atoms with E-state index in [9.17, 15) is 4.79 Å². The molecule has 0 aliphatic heterocycles. The lowest BCUT2D eigenvalue weighted by molar-refractivity contribution is -0.114. The fraction of sp³-hybridized carbons (Fsp3) is 0.176. The maximum Gasteiger partial charge on any atom is 0.243 e. The van der Waals surface area contributed by atoms with Crippen LogP contribution in [-0.4, -0.2) is 17.4 Å². The minimum Gasteiger partial charge on any atom is -0.352 e. The maximum absolute atomic E-state index is 12.2. The fourth-order valence-electron chi connectivity index (χ4n) is 2.33. The Morgan fingerprint density at radius 1 is 1.22 bits per heavy atom. The molecule has 1 amide bonds. The van der Waals surface area contributed by atoms with E-state index in [4.69, 9.17) is 0 Å². The molecule has 118 valence electrons. The summed E-state index contributed by atoms with van der Waals surface area (Å²) in [6.45, 7) is 4.16. The van der Waals surface area contributed by atoms with Crippen molar-refractivity contribution in [3.63, 3.8) is 0 Å². The molecule has 0 radical (unpaired) electrons. The van der Waals surface area contributed by atoms with Gasteiger partial charge >= 0.3 is 0 Å². The van der Waals surface area contributed by atoms with Crippen molar-refractivity contribution in [3.05, 3.63) is 52.0 Å². The minimum absolute atomic E-state index is 0.0807. The SMILES string of the molecule is Cc1cccc(C)c1NC(=O)CNc1nc2ccc(Br)cc2s1. The number of nitrogens with one attached hydrogen (secondary N) is 2. The summed E-state index contributed by atoms with van der Waals surface area (Å²) >= 11 is 4.98. The molecule has 0 unspecified atom stereocenters. The molecule has 0 aliphatic rings. The van der Waals surface area contributed by atoms with Crippen molar-refractivity contribution in [1.29, 1.82) is 0 Å². The second kappa shape index (κ2) is 6.68. The molecule has 6 heteroatoms. The number of hydrogen-bond acceptors (Lipinski definition) is 4. The molecule has 2 aromatic carbocycles. The number of aromatic nitrogens is 1. The number of fused-ring (bicyclic) bond motifs is 1. The van der Waals surface area contributed by atoms with E-state index in [-0.39, 0.29) is 12.5 Å². The highest BCUT2D eigenvalue weighted by Gasteiger charge is 2.09. The first-order valence-corrected chi connectivity index (χ1v) is 8.80. The molecule has 23 heavy (non-hydrogen) atoms. The predicted octanol–water partition coefficient (Wildman–Crippen LogP) is 4.73. The van der Waals surface area contributed by atoms with Gasteiger partial charge in [0.05, 0.1) is 16.8 Å². The molecule has 0 fully saturated rings. The van der Waals surface area contributed by atoms with E-state index in [0.29, 0.717) is 0 Å². The van der Waals surface area contributed by atoms with Crippen LogP contribution in [0.25, 0.3) is 10.2 Å². The standard InChI is InChI=1S/C17H16BrN3OS/c1-10-4-3-5-11(2)16(10)21-15(22)9-19-17-20-13-7-6-12(18)8-14(13)23-17/h3-8H,9H2,1-2H3,(H,19,20)(H,21,22). The Morgan fingerprint density at radius 3 is 2.70 bits per heavy atom. The van der Waals surface area contributed by atoms with E-state index in [1.54, 1.807) is 0 Å². The van der Waals surface area contributed by atoms with E-state index < -0.39 is 0 Å². The summed E-state index contributed by atoms with van der Waals surface area (Å²) < 4.78 is 2.10. The van der Waals surface area contributed by atoms with Crippen molar-refractivity contribution >= 4 is 54.2 Å². The van der Waals surface area contributed by atoms with Gasteiger partial charge < -0.3 is 10.6 Å². The van der Waals surface area contributed by atoms with Crippen LogP contribution in [0.3, 0.4) is 0 Å². The third-order valence-electron chi connectivity index (χ3n) is 3.50. The summed E-state index contributed by atoms with van der Waals surface area (Å²) in [5, 5.41) is 6.80. The van der Waals surface area contributed by atoms with Crippen molar-refractivity contribution < 1.29 is 4.79 Å². The summed E-state index contributed by atoms with van der Waals surface area (Å²) in [4.78, 5) is 16.6. The lowest BCUT2D eigenvalue weighted by atomic mass is 10.1. The average Bonchev–Trinajstić information content (AvgIpc) is 2.91. The number of rotatable bonds is 4. The molecule has 0 spiro atoms. The second-order valence-electron chi connectivity index (χ2n) is 5.30. The van der Waals surface area contributed by atoms with Gasteiger partial charge in [0.15, 0.2) is 5.13 Å². The Hall–Kier alpha value is -1.92. The monoisotopic (exact) mass is 389 g/mol. The zero-order chi connectivity index (χ0) is 16.4. The molecule has 3 aromatic rings. The summed E-state index contributed by atoms with van der Waals surface area (Å²) in [7, 11) is 0. The van der Waals surface area contributed by atoms with Crippen LogP contribution in [0.4, 0.5) is 10.8 Å². The Kier molecular flexibility index (Phi) is 4.63. The number of carbonyl (C=O) groups is 1. The summed E-state index contributed by atoms with van der Waals surface area (Å²) in [6, 6.07) is 11.9. The van der Waals surface area contributed by atoms with Gasteiger partial charge in [0.25, 0.3) is 0 Å². The summed E-state index contributed by atoms with van der Waals surface area (Å²) in [6.07, 6.45) is 0. The van der Waals surface area contributed by atoms with E-state index in [0.717, 1.165) is 36.6 Å². The molecule has 4 nitrogen and oxygen atoms in total. The molecular weight excluding hydrogens is 374 g/mol. The van der Waals surface area contributed by atoms with E-state index in [1.807, 2.05) is 50.2 Å². The topological polar surface area (TPSA) is 54.0 Å². The van der Waals surface area contributed by atoms with Crippen LogP contribution in [0.1, 0.15) is 11.1 Å². The van der Waals surface area contributed by atoms with Gasteiger partial charge in [0, 0.05) is 10.2 Å². The number of thiazole rings is 1. The van der Waals surface area contributed by atoms with Gasteiger partial charge in [-0.2, -0.15) is 0 Å². The van der Waals surface area contributed by atoms with Crippen LogP contribution in [0, 0.1) is 13.8 Å². The molecule has 0 aliphatic carbocycles. The third-order valence-corrected chi connectivity index (χ3v) is 4.97. The van der Waals surface area contributed by atoms with Crippen molar-refractivity contribution in [2.75, 3.05) is 17.2 Å². The molecule has 0 bridgehead atoms. The second-order valence-corrected chi connectivity index (χ2v) is 7.25. The molecular formula is C17H16BrN3OS. The largest absolute Gasteiger partial charge is 0.352 e. The molecule has 2 N–H and O–H groups in total. The number of hydrogen-bond donors (Lipinski definition) is 2. The van der Waals surface area contributed by atoms with E-state index in [2.05, 4.69) is 31.5 Å². The minimum atomic E-state index is -0.0807.